The van der Waals surface area contributed by atoms with Gasteiger partial charge in [-0.2, -0.15) is 0 Å². The van der Waals surface area contributed by atoms with Crippen molar-refractivity contribution in [1.82, 2.24) is 20.2 Å². The zero-order valence-corrected chi connectivity index (χ0v) is 17.8. The van der Waals surface area contributed by atoms with Gasteiger partial charge in [-0.1, -0.05) is 25.1 Å². The van der Waals surface area contributed by atoms with Gasteiger partial charge in [-0.25, -0.2) is 18.7 Å². The Morgan fingerprint density at radius 1 is 1.00 bits per heavy atom. The van der Waals surface area contributed by atoms with E-state index in [9.17, 15) is 8.78 Å². The normalized spacial score (nSPS) is 14.1. The molecule has 0 aliphatic carbocycles. The molecular formula is C25H28F2N4. The molecule has 0 saturated carbocycles. The van der Waals surface area contributed by atoms with Crippen LogP contribution in [0.2, 0.25) is 0 Å². The van der Waals surface area contributed by atoms with Gasteiger partial charge in [-0.05, 0) is 54.8 Å². The molecular weight excluding hydrogens is 394 g/mol. The highest BCUT2D eigenvalue weighted by atomic mass is 19.1. The maximum Gasteiger partial charge on any atom is 0.128 e. The fourth-order valence-electron chi connectivity index (χ4n) is 3.98. The molecule has 0 bridgehead atoms. The Kier molecular flexibility index (Phi) is 6.99. The first-order valence-electron chi connectivity index (χ1n) is 10.9. The van der Waals surface area contributed by atoms with Crippen molar-refractivity contribution in [3.8, 4) is 11.3 Å². The second-order valence-electron chi connectivity index (χ2n) is 8.06. The van der Waals surface area contributed by atoms with Gasteiger partial charge in [-0.3, -0.25) is 4.90 Å². The van der Waals surface area contributed by atoms with Gasteiger partial charge < -0.3 is 5.32 Å². The lowest BCUT2D eigenvalue weighted by Crippen LogP contribution is -2.56. The summed E-state index contributed by atoms with van der Waals surface area (Å²) in [6.45, 7) is 6.29. The summed E-state index contributed by atoms with van der Waals surface area (Å²) in [5, 5.41) is 3.34. The van der Waals surface area contributed by atoms with Crippen molar-refractivity contribution in [1.29, 1.82) is 0 Å². The van der Waals surface area contributed by atoms with Gasteiger partial charge in [0, 0.05) is 49.9 Å². The maximum atomic E-state index is 13.4. The van der Waals surface area contributed by atoms with Crippen LogP contribution < -0.4 is 5.32 Å². The number of benzene rings is 2. The quantitative estimate of drug-likeness (QED) is 0.555. The predicted molar refractivity (Wildman–Crippen MR) is 119 cm³/mol. The van der Waals surface area contributed by atoms with E-state index in [-0.39, 0.29) is 0 Å². The van der Waals surface area contributed by atoms with Crippen LogP contribution in [0.5, 0.6) is 0 Å². The van der Waals surface area contributed by atoms with E-state index in [0.717, 1.165) is 55.7 Å². The number of hydrogen-bond acceptors (Lipinski definition) is 4. The second-order valence-corrected chi connectivity index (χ2v) is 8.06. The van der Waals surface area contributed by atoms with Crippen LogP contribution >= 0.6 is 0 Å². The van der Waals surface area contributed by atoms with Crippen molar-refractivity contribution in [2.45, 2.75) is 38.8 Å². The number of likely N-dealkylation sites (N-methyl/N-ethyl adjacent to an activating group) is 1. The van der Waals surface area contributed by atoms with Gasteiger partial charge in [-0.15, -0.1) is 0 Å². The minimum atomic E-state index is -0.539. The first-order chi connectivity index (χ1) is 15.1. The van der Waals surface area contributed by atoms with Crippen molar-refractivity contribution in [2.24, 2.45) is 0 Å². The average molecular weight is 423 g/mol. The zero-order valence-electron chi connectivity index (χ0n) is 17.8. The number of aromatic nitrogens is 2. The third-order valence-corrected chi connectivity index (χ3v) is 5.78. The summed E-state index contributed by atoms with van der Waals surface area (Å²) >= 11 is 0. The SMILES string of the molecule is CCN(Cc1cccc(-c2ccnc(CCCc3cc(F)cc(F)c3)n2)c1)C1CNC1. The molecule has 3 aromatic rings. The monoisotopic (exact) mass is 422 g/mol. The molecule has 1 aliphatic heterocycles. The fourth-order valence-corrected chi connectivity index (χ4v) is 3.98. The van der Waals surface area contributed by atoms with Gasteiger partial charge in [0.2, 0.25) is 0 Å². The highest BCUT2D eigenvalue weighted by molar-refractivity contribution is 5.59. The molecule has 6 heteroatoms. The van der Waals surface area contributed by atoms with E-state index in [1.165, 1.54) is 17.7 Å². The number of nitrogens with zero attached hydrogens (tertiary/aromatic N) is 3. The Labute approximate surface area is 182 Å². The van der Waals surface area contributed by atoms with E-state index < -0.39 is 11.6 Å². The van der Waals surface area contributed by atoms with Crippen molar-refractivity contribution in [3.05, 3.63) is 83.3 Å². The molecule has 2 aromatic carbocycles. The molecule has 2 heterocycles. The molecule has 0 atom stereocenters. The summed E-state index contributed by atoms with van der Waals surface area (Å²) < 4.78 is 26.7. The molecule has 162 valence electrons. The van der Waals surface area contributed by atoms with E-state index in [1.807, 2.05) is 6.07 Å². The highest BCUT2D eigenvalue weighted by Crippen LogP contribution is 2.21. The highest BCUT2D eigenvalue weighted by Gasteiger charge is 2.23. The van der Waals surface area contributed by atoms with Crippen LogP contribution in [0.15, 0.2) is 54.7 Å². The van der Waals surface area contributed by atoms with Crippen molar-refractivity contribution < 1.29 is 8.78 Å². The van der Waals surface area contributed by atoms with Crippen LogP contribution in [0, 0.1) is 11.6 Å². The standard InChI is InChI=1S/C25H28F2N4/c1-2-31(23-15-28-16-23)17-19-6-3-7-20(11-19)24-9-10-29-25(30-24)8-4-5-18-12-21(26)14-22(27)13-18/h3,6-7,9-14,23,28H,2,4-5,8,15-17H2,1H3. The topological polar surface area (TPSA) is 41.1 Å². The number of nitrogens with one attached hydrogen (secondary N) is 1. The Morgan fingerprint density at radius 3 is 2.52 bits per heavy atom. The van der Waals surface area contributed by atoms with Crippen LogP contribution in [0.25, 0.3) is 11.3 Å². The van der Waals surface area contributed by atoms with Gasteiger partial charge in [0.1, 0.15) is 17.5 Å². The summed E-state index contributed by atoms with van der Waals surface area (Å²) in [6, 6.07) is 14.7. The smallest absolute Gasteiger partial charge is 0.128 e. The van der Waals surface area contributed by atoms with Crippen molar-refractivity contribution >= 4 is 0 Å². The Hall–Kier alpha value is -2.70. The third-order valence-electron chi connectivity index (χ3n) is 5.78. The Bertz CT molecular complexity index is 1000. The maximum absolute atomic E-state index is 13.4. The van der Waals surface area contributed by atoms with Crippen LogP contribution in [0.4, 0.5) is 8.78 Å². The number of halogens is 2. The molecule has 0 radical (unpaired) electrons. The largest absolute Gasteiger partial charge is 0.314 e. The minimum absolute atomic E-state index is 0.539. The fraction of sp³-hybridized carbons (Fsp3) is 0.360. The van der Waals surface area contributed by atoms with Crippen LogP contribution in [-0.2, 0) is 19.4 Å². The molecule has 4 rings (SSSR count). The van der Waals surface area contributed by atoms with Crippen LogP contribution in [0.1, 0.15) is 30.3 Å². The van der Waals surface area contributed by atoms with E-state index in [1.54, 1.807) is 6.20 Å². The lowest BCUT2D eigenvalue weighted by molar-refractivity contribution is 0.145. The molecule has 1 fully saturated rings. The molecule has 31 heavy (non-hydrogen) atoms. The predicted octanol–water partition coefficient (Wildman–Crippen LogP) is 4.39. The number of hydrogen-bond donors (Lipinski definition) is 1. The molecule has 0 spiro atoms. The molecule has 1 aliphatic rings. The van der Waals surface area contributed by atoms with E-state index in [4.69, 9.17) is 4.98 Å². The van der Waals surface area contributed by atoms with Gasteiger partial charge in [0.05, 0.1) is 5.69 Å². The Morgan fingerprint density at radius 2 is 1.81 bits per heavy atom. The first-order valence-corrected chi connectivity index (χ1v) is 10.9. The summed E-state index contributed by atoms with van der Waals surface area (Å²) in [4.78, 5) is 11.6. The lowest BCUT2D eigenvalue weighted by Gasteiger charge is -2.37. The summed E-state index contributed by atoms with van der Waals surface area (Å²) in [7, 11) is 0. The number of rotatable bonds is 9. The van der Waals surface area contributed by atoms with Gasteiger partial charge in [0.25, 0.3) is 0 Å². The Balaban J connectivity index is 1.40. The molecule has 1 N–H and O–H groups in total. The zero-order chi connectivity index (χ0) is 21.6. The van der Waals surface area contributed by atoms with E-state index >= 15 is 0 Å². The number of aryl methyl sites for hydroxylation is 2. The molecule has 1 aromatic heterocycles. The van der Waals surface area contributed by atoms with Crippen LogP contribution in [-0.4, -0.2) is 40.5 Å². The second kappa shape index (κ2) is 10.1. The first kappa shape index (κ1) is 21.5. The summed E-state index contributed by atoms with van der Waals surface area (Å²) in [6.07, 6.45) is 3.75. The van der Waals surface area contributed by atoms with E-state index in [2.05, 4.69) is 46.4 Å². The molecule has 0 amide bonds. The van der Waals surface area contributed by atoms with Gasteiger partial charge >= 0.3 is 0 Å². The van der Waals surface area contributed by atoms with Crippen LogP contribution in [0.3, 0.4) is 0 Å². The third kappa shape index (κ3) is 5.71. The summed E-state index contributed by atoms with van der Waals surface area (Å²) in [5.74, 6) is -0.331. The van der Waals surface area contributed by atoms with E-state index in [0.29, 0.717) is 24.4 Å². The van der Waals surface area contributed by atoms with Gasteiger partial charge in [0.15, 0.2) is 0 Å². The lowest BCUT2D eigenvalue weighted by atomic mass is 10.0. The van der Waals surface area contributed by atoms with Crippen molar-refractivity contribution in [3.63, 3.8) is 0 Å². The molecule has 0 unspecified atom stereocenters. The van der Waals surface area contributed by atoms with Crippen molar-refractivity contribution in [2.75, 3.05) is 19.6 Å². The minimum Gasteiger partial charge on any atom is -0.314 e. The molecule has 1 saturated heterocycles. The average Bonchev–Trinajstić information content (AvgIpc) is 2.72. The molecule has 4 nitrogen and oxygen atoms in total. The summed E-state index contributed by atoms with van der Waals surface area (Å²) in [5.41, 5.74) is 3.91.